The number of fused-ring (bicyclic) bond motifs is 15. The van der Waals surface area contributed by atoms with Gasteiger partial charge < -0.3 is 13.4 Å². The minimum absolute atomic E-state index is 0.503. The number of para-hydroxylation sites is 6. The van der Waals surface area contributed by atoms with Crippen molar-refractivity contribution in [1.82, 2.24) is 38.6 Å². The van der Waals surface area contributed by atoms with E-state index >= 15 is 0 Å². The average Bonchev–Trinajstić information content (AvgIpc) is 1.54. The highest BCUT2D eigenvalue weighted by atomic mass is 32.1. The van der Waals surface area contributed by atoms with Crippen molar-refractivity contribution in [2.75, 3.05) is 0 Å². The largest absolute Gasteiger partial charge is 0.436 e. The van der Waals surface area contributed by atoms with Gasteiger partial charge in [-0.1, -0.05) is 206 Å². The van der Waals surface area contributed by atoms with E-state index in [1.54, 1.807) is 22.7 Å². The molecule has 10 nitrogen and oxygen atoms in total. The van der Waals surface area contributed by atoms with E-state index in [2.05, 4.69) is 359 Å². The van der Waals surface area contributed by atoms with Crippen LogP contribution in [0.3, 0.4) is 0 Å². The summed E-state index contributed by atoms with van der Waals surface area (Å²) in [6, 6.07) is 135. The fourth-order valence-corrected chi connectivity index (χ4v) is 20.7. The van der Waals surface area contributed by atoms with Gasteiger partial charge in [-0.2, -0.15) is 0 Å². The van der Waals surface area contributed by atoms with Gasteiger partial charge in [-0.15, -0.1) is 22.7 Å². The van der Waals surface area contributed by atoms with Crippen LogP contribution in [0.1, 0.15) is 22.3 Å². The molecule has 1 aliphatic carbocycles. The molecule has 25 rings (SSSR count). The number of thiazole rings is 2. The molecule has 24 aromatic rings. The maximum atomic E-state index is 6.94. The van der Waals surface area contributed by atoms with Crippen LogP contribution in [0.2, 0.25) is 0 Å². The van der Waals surface area contributed by atoms with Crippen molar-refractivity contribution >= 4 is 131 Å². The van der Waals surface area contributed by atoms with Crippen molar-refractivity contribution in [3.63, 3.8) is 0 Å². The molecule has 7 aromatic heterocycles. The van der Waals surface area contributed by atoms with Crippen LogP contribution in [0.5, 0.6) is 0 Å². The number of hydrogen-bond acceptors (Lipinski definition) is 9. The van der Waals surface area contributed by atoms with Crippen molar-refractivity contribution in [3.05, 3.63) is 398 Å². The third-order valence-electron chi connectivity index (χ3n) is 24.1. The molecule has 1 aliphatic rings. The lowest BCUT2D eigenvalue weighted by Crippen LogP contribution is -2.28. The number of imidazole rings is 1. The van der Waals surface area contributed by atoms with Crippen LogP contribution in [0.25, 0.3) is 214 Å². The number of nitrogens with zero attached hydrogens (tertiary/aromatic N) is 8. The van der Waals surface area contributed by atoms with Crippen LogP contribution in [-0.4, -0.2) is 38.6 Å². The SMILES string of the molecule is c1ccc(-n2c(-n3c4ccc(-c5nc6ccc(-c7cc(-c8cccc9nc(-c%10ccc%11c(c%10)c%10cc(-c%12nc%13ccccc%13o%12)ccc%10n%11-c%10ccc(-c%11ccc%12c(c%11)C(c%11ccccc%11)(c%11ccccc%11)c%11ccccc%11-%12)cc%10)sc89)c8ccccc8c7)cc6o5)cc4c4cc(-c5nc6ccccc6s5)ccc43)nc3ccccc32)cc1. The number of rotatable bonds is 12. The highest BCUT2D eigenvalue weighted by Gasteiger charge is 2.46. The molecule has 0 spiro atoms. The van der Waals surface area contributed by atoms with E-state index < -0.39 is 5.41 Å². The Labute approximate surface area is 683 Å². The van der Waals surface area contributed by atoms with Gasteiger partial charge in [0.1, 0.15) is 21.0 Å². The fraction of sp³-hybridized carbons (Fsp3) is 0.00943. The summed E-state index contributed by atoms with van der Waals surface area (Å²) in [6.45, 7) is 0. The zero-order chi connectivity index (χ0) is 77.3. The summed E-state index contributed by atoms with van der Waals surface area (Å²) >= 11 is 3.44. The summed E-state index contributed by atoms with van der Waals surface area (Å²) in [5, 5.41) is 8.47. The Bertz CT molecular complexity index is 8160. The summed E-state index contributed by atoms with van der Waals surface area (Å²) < 4.78 is 22.6. The molecule has 0 fully saturated rings. The van der Waals surface area contributed by atoms with Gasteiger partial charge in [0, 0.05) is 60.7 Å². The molecule has 0 radical (unpaired) electrons. The van der Waals surface area contributed by atoms with Gasteiger partial charge in [0.15, 0.2) is 11.2 Å². The van der Waals surface area contributed by atoms with Crippen LogP contribution in [0.15, 0.2) is 385 Å². The van der Waals surface area contributed by atoms with Gasteiger partial charge in [-0.05, 0) is 242 Å². The number of aromatic nitrogens is 8. The molecule has 0 unspecified atom stereocenters. The Hall–Kier alpha value is -15.2. The lowest BCUT2D eigenvalue weighted by molar-refractivity contribution is 0.619. The van der Waals surface area contributed by atoms with Crippen molar-refractivity contribution in [1.29, 1.82) is 0 Å². The van der Waals surface area contributed by atoms with Crippen LogP contribution in [0.4, 0.5) is 0 Å². The third kappa shape index (κ3) is 10.2. The second kappa shape index (κ2) is 25.9. The Balaban J connectivity index is 0.578. The zero-order valence-electron chi connectivity index (χ0n) is 63.0. The van der Waals surface area contributed by atoms with Crippen LogP contribution >= 0.6 is 22.7 Å². The van der Waals surface area contributed by atoms with Crippen LogP contribution in [0, 0.1) is 0 Å². The Kier molecular flexibility index (Phi) is 14.5. The molecule has 7 heterocycles. The van der Waals surface area contributed by atoms with E-state index in [0.29, 0.717) is 17.4 Å². The summed E-state index contributed by atoms with van der Waals surface area (Å²) in [7, 11) is 0. The third-order valence-corrected chi connectivity index (χ3v) is 26.3. The smallest absolute Gasteiger partial charge is 0.227 e. The lowest BCUT2D eigenvalue weighted by atomic mass is 9.67. The second-order valence-corrected chi connectivity index (χ2v) is 32.6. The Morgan fingerprint density at radius 2 is 0.771 bits per heavy atom. The molecule has 12 heteroatoms. The van der Waals surface area contributed by atoms with Gasteiger partial charge in [0.05, 0.1) is 58.9 Å². The number of oxazole rings is 2. The molecule has 550 valence electrons. The predicted molar refractivity (Wildman–Crippen MR) is 484 cm³/mol. The first-order chi connectivity index (χ1) is 58.4. The quantitative estimate of drug-likeness (QED) is 0.120. The maximum absolute atomic E-state index is 6.94. The predicted octanol–water partition coefficient (Wildman–Crippen LogP) is 27.9. The summed E-state index contributed by atoms with van der Waals surface area (Å²) in [6.07, 6.45) is 0. The molecule has 0 bridgehead atoms. The molecule has 0 saturated carbocycles. The standard InChI is InChI=1S/C106H62N8O2S2/c1-4-22-72(23-5-1)106(73-24-6-2-7-25-73)85-31-13-12-29-77(85)78-49-41-64(61-86(78)106)63-39-47-75(48-40-63)112-92-51-43-67(101-107-88-33-15-18-37-97(88)115-101)56-81(92)83-59-70(45-53-93(83)112)104-110-91-35-20-30-79(100(91)118-104)80-60-71(55-66-21-10-11-28-76(66)80)65-42-50-89-98(62-65)116-102(108-89)68-44-52-94-82(57-68)84-58-69(103-109-90-34-16-19-38-99(90)117-103)46-54-95(84)114(94)105-111-87-32-14-17-36-96(87)113(105)74-26-8-3-9-27-74/h1-62H. The van der Waals surface area contributed by atoms with E-state index in [-0.39, 0.29) is 0 Å². The van der Waals surface area contributed by atoms with E-state index in [1.165, 1.54) is 33.4 Å². The normalized spacial score (nSPS) is 12.6. The van der Waals surface area contributed by atoms with E-state index in [4.69, 9.17) is 33.8 Å². The molecule has 0 amide bonds. The first-order valence-corrected chi connectivity index (χ1v) is 41.3. The van der Waals surface area contributed by atoms with Gasteiger partial charge in [0.2, 0.25) is 17.7 Å². The Morgan fingerprint density at radius 1 is 0.254 bits per heavy atom. The zero-order valence-corrected chi connectivity index (χ0v) is 64.6. The topological polar surface area (TPSA) is 106 Å². The van der Waals surface area contributed by atoms with Crippen molar-refractivity contribution in [2.24, 2.45) is 0 Å². The van der Waals surface area contributed by atoms with Gasteiger partial charge in [-0.3, -0.25) is 9.13 Å². The monoisotopic (exact) mass is 1540 g/mol. The molecular formula is C106H62N8O2S2. The first-order valence-electron chi connectivity index (χ1n) is 39.6. The Morgan fingerprint density at radius 3 is 1.49 bits per heavy atom. The highest BCUT2D eigenvalue weighted by Crippen LogP contribution is 2.57. The fourth-order valence-electron chi connectivity index (χ4n) is 18.7. The second-order valence-electron chi connectivity index (χ2n) is 30.6. The molecule has 17 aromatic carbocycles. The molecular weight excluding hydrogens is 1480 g/mol. The summed E-state index contributed by atoms with van der Waals surface area (Å²) in [5.74, 6) is 1.91. The molecule has 118 heavy (non-hydrogen) atoms. The summed E-state index contributed by atoms with van der Waals surface area (Å²) in [5.41, 5.74) is 30.7. The molecule has 0 saturated heterocycles. The van der Waals surface area contributed by atoms with E-state index in [1.807, 2.05) is 30.3 Å². The first kappa shape index (κ1) is 66.3. The summed E-state index contributed by atoms with van der Waals surface area (Å²) in [4.78, 5) is 26.2. The van der Waals surface area contributed by atoms with Gasteiger partial charge in [-0.25, -0.2) is 24.9 Å². The number of benzene rings is 17. The minimum Gasteiger partial charge on any atom is -0.436 e. The average molecular weight is 1540 g/mol. The van der Waals surface area contributed by atoms with Crippen molar-refractivity contribution in [3.8, 4) is 106 Å². The van der Waals surface area contributed by atoms with Crippen molar-refractivity contribution in [2.45, 2.75) is 5.41 Å². The molecule has 0 atom stereocenters. The minimum atomic E-state index is -0.503. The molecule has 0 aliphatic heterocycles. The highest BCUT2D eigenvalue weighted by molar-refractivity contribution is 7.22. The van der Waals surface area contributed by atoms with E-state index in [0.717, 1.165) is 185 Å². The maximum Gasteiger partial charge on any atom is 0.227 e. The lowest BCUT2D eigenvalue weighted by Gasteiger charge is -2.34. The van der Waals surface area contributed by atoms with Crippen LogP contribution in [-0.2, 0) is 5.41 Å². The van der Waals surface area contributed by atoms with Gasteiger partial charge >= 0.3 is 0 Å². The molecule has 0 N–H and O–H groups in total. The van der Waals surface area contributed by atoms with Gasteiger partial charge in [0.25, 0.3) is 0 Å². The van der Waals surface area contributed by atoms with E-state index in [9.17, 15) is 0 Å². The number of hydrogen-bond donors (Lipinski definition) is 0. The van der Waals surface area contributed by atoms with Crippen LogP contribution < -0.4 is 0 Å². The van der Waals surface area contributed by atoms with Crippen molar-refractivity contribution < 1.29 is 8.83 Å².